The Balaban J connectivity index is 1.49. The van der Waals surface area contributed by atoms with Crippen molar-refractivity contribution in [1.29, 1.82) is 0 Å². The fourth-order valence-corrected chi connectivity index (χ4v) is 3.01. The number of para-hydroxylation sites is 1. The van der Waals surface area contributed by atoms with E-state index in [1.807, 2.05) is 6.07 Å². The number of hydrogen-bond acceptors (Lipinski definition) is 3. The Morgan fingerprint density at radius 3 is 2.39 bits per heavy atom. The van der Waals surface area contributed by atoms with Crippen molar-refractivity contribution in [3.05, 3.63) is 65.7 Å². The van der Waals surface area contributed by atoms with Crippen LogP contribution in [0.5, 0.6) is 5.75 Å². The quantitative estimate of drug-likeness (QED) is 0.913. The lowest BCUT2D eigenvalue weighted by Crippen LogP contribution is -2.44. The summed E-state index contributed by atoms with van der Waals surface area (Å²) in [5, 5.41) is 12.8. The molecular weight excluding hydrogens is 288 g/mol. The van der Waals surface area contributed by atoms with Gasteiger partial charge in [-0.15, -0.1) is 0 Å². The Hall–Kier alpha value is -2.33. The van der Waals surface area contributed by atoms with Gasteiger partial charge in [-0.05, 0) is 30.5 Å². The van der Waals surface area contributed by atoms with Crippen molar-refractivity contribution < 1.29 is 9.90 Å². The largest absolute Gasteiger partial charge is 0.507 e. The summed E-state index contributed by atoms with van der Waals surface area (Å²) in [5.74, 6) is -0.156. The topological polar surface area (TPSA) is 52.6 Å². The third kappa shape index (κ3) is 4.11. The van der Waals surface area contributed by atoms with Crippen LogP contribution in [0.25, 0.3) is 0 Å². The van der Waals surface area contributed by atoms with Crippen molar-refractivity contribution in [2.45, 2.75) is 25.4 Å². The SMILES string of the molecule is O=C(NC1CCN(Cc2ccccc2)CC1)c1ccccc1O. The van der Waals surface area contributed by atoms with Crippen molar-refractivity contribution in [2.75, 3.05) is 13.1 Å². The lowest BCUT2D eigenvalue weighted by molar-refractivity contribution is 0.0906. The summed E-state index contributed by atoms with van der Waals surface area (Å²) in [7, 11) is 0. The summed E-state index contributed by atoms with van der Waals surface area (Å²) < 4.78 is 0. The number of hydrogen-bond donors (Lipinski definition) is 2. The maximum atomic E-state index is 12.2. The molecule has 2 aromatic rings. The summed E-state index contributed by atoms with van der Waals surface area (Å²) in [6.45, 7) is 2.90. The first-order valence-electron chi connectivity index (χ1n) is 8.07. The van der Waals surface area contributed by atoms with Crippen molar-refractivity contribution in [2.24, 2.45) is 0 Å². The number of carbonyl (C=O) groups excluding carboxylic acids is 1. The van der Waals surface area contributed by atoms with E-state index in [1.165, 1.54) is 11.6 Å². The van der Waals surface area contributed by atoms with Crippen molar-refractivity contribution in [1.82, 2.24) is 10.2 Å². The molecule has 1 aliphatic heterocycles. The van der Waals surface area contributed by atoms with Crippen LogP contribution >= 0.6 is 0 Å². The molecule has 1 fully saturated rings. The van der Waals surface area contributed by atoms with Crippen LogP contribution in [-0.2, 0) is 6.54 Å². The number of piperidine rings is 1. The van der Waals surface area contributed by atoms with Gasteiger partial charge in [0.05, 0.1) is 5.56 Å². The van der Waals surface area contributed by atoms with Crippen LogP contribution in [-0.4, -0.2) is 35.0 Å². The van der Waals surface area contributed by atoms with Crippen LogP contribution in [0.1, 0.15) is 28.8 Å². The van der Waals surface area contributed by atoms with Gasteiger partial charge in [0.25, 0.3) is 5.91 Å². The number of aromatic hydroxyl groups is 1. The lowest BCUT2D eigenvalue weighted by Gasteiger charge is -2.32. The number of likely N-dealkylation sites (tertiary alicyclic amines) is 1. The zero-order chi connectivity index (χ0) is 16.1. The molecule has 2 aromatic carbocycles. The molecule has 120 valence electrons. The second-order valence-corrected chi connectivity index (χ2v) is 6.03. The number of nitrogens with one attached hydrogen (secondary N) is 1. The molecule has 1 heterocycles. The first-order chi connectivity index (χ1) is 11.2. The average Bonchev–Trinajstić information content (AvgIpc) is 2.58. The molecule has 0 unspecified atom stereocenters. The highest BCUT2D eigenvalue weighted by molar-refractivity contribution is 5.96. The molecule has 1 amide bonds. The van der Waals surface area contributed by atoms with Crippen LogP contribution in [0.4, 0.5) is 0 Å². The smallest absolute Gasteiger partial charge is 0.255 e. The number of phenols is 1. The van der Waals surface area contributed by atoms with Crippen LogP contribution in [0, 0.1) is 0 Å². The molecule has 3 rings (SSSR count). The van der Waals surface area contributed by atoms with Crippen LogP contribution < -0.4 is 5.32 Å². The minimum Gasteiger partial charge on any atom is -0.507 e. The van der Waals surface area contributed by atoms with Gasteiger partial charge in [0.1, 0.15) is 5.75 Å². The summed E-state index contributed by atoms with van der Waals surface area (Å²) in [4.78, 5) is 14.6. The van der Waals surface area contributed by atoms with Gasteiger partial charge in [-0.3, -0.25) is 9.69 Å². The predicted molar refractivity (Wildman–Crippen MR) is 90.3 cm³/mol. The third-order valence-corrected chi connectivity index (χ3v) is 4.32. The van der Waals surface area contributed by atoms with Gasteiger partial charge in [0, 0.05) is 25.7 Å². The van der Waals surface area contributed by atoms with E-state index in [-0.39, 0.29) is 17.7 Å². The molecule has 2 N–H and O–H groups in total. The number of amides is 1. The number of rotatable bonds is 4. The molecule has 0 radical (unpaired) electrons. The fourth-order valence-electron chi connectivity index (χ4n) is 3.01. The minimum absolute atomic E-state index is 0.0338. The monoisotopic (exact) mass is 310 g/mol. The average molecular weight is 310 g/mol. The van der Waals surface area contributed by atoms with Crippen LogP contribution in [0.2, 0.25) is 0 Å². The highest BCUT2D eigenvalue weighted by atomic mass is 16.3. The highest BCUT2D eigenvalue weighted by Crippen LogP contribution is 2.18. The minimum atomic E-state index is -0.190. The lowest BCUT2D eigenvalue weighted by atomic mass is 10.0. The Morgan fingerprint density at radius 1 is 1.04 bits per heavy atom. The fraction of sp³-hybridized carbons (Fsp3) is 0.316. The van der Waals surface area contributed by atoms with Crippen LogP contribution in [0.15, 0.2) is 54.6 Å². The summed E-state index contributed by atoms with van der Waals surface area (Å²) >= 11 is 0. The molecule has 0 aliphatic carbocycles. The van der Waals surface area contributed by atoms with Gasteiger partial charge in [-0.2, -0.15) is 0 Å². The van der Waals surface area contributed by atoms with Gasteiger partial charge in [-0.25, -0.2) is 0 Å². The zero-order valence-corrected chi connectivity index (χ0v) is 13.1. The third-order valence-electron chi connectivity index (χ3n) is 4.32. The first-order valence-corrected chi connectivity index (χ1v) is 8.07. The van der Waals surface area contributed by atoms with Gasteiger partial charge in [0.2, 0.25) is 0 Å². The van der Waals surface area contributed by atoms with Gasteiger partial charge < -0.3 is 10.4 Å². The molecular formula is C19H22N2O2. The molecule has 0 atom stereocenters. The molecule has 4 heteroatoms. The Labute approximate surface area is 136 Å². The summed E-state index contributed by atoms with van der Waals surface area (Å²) in [6.07, 6.45) is 1.87. The second kappa shape index (κ2) is 7.29. The zero-order valence-electron chi connectivity index (χ0n) is 13.1. The van der Waals surface area contributed by atoms with E-state index in [0.717, 1.165) is 32.5 Å². The summed E-state index contributed by atoms with van der Waals surface area (Å²) in [6, 6.07) is 17.3. The van der Waals surface area contributed by atoms with E-state index < -0.39 is 0 Å². The van der Waals surface area contributed by atoms with Crippen molar-refractivity contribution in [3.8, 4) is 5.75 Å². The predicted octanol–water partition coefficient (Wildman–Crippen LogP) is 2.79. The molecule has 1 aliphatic rings. The Morgan fingerprint density at radius 2 is 1.70 bits per heavy atom. The van der Waals surface area contributed by atoms with Gasteiger partial charge >= 0.3 is 0 Å². The number of carbonyl (C=O) groups is 1. The number of nitrogens with zero attached hydrogens (tertiary/aromatic N) is 1. The molecule has 0 aromatic heterocycles. The maximum absolute atomic E-state index is 12.2. The van der Waals surface area contributed by atoms with E-state index >= 15 is 0 Å². The Bertz CT molecular complexity index is 649. The van der Waals surface area contributed by atoms with E-state index in [4.69, 9.17) is 0 Å². The molecule has 23 heavy (non-hydrogen) atoms. The molecule has 4 nitrogen and oxygen atoms in total. The van der Waals surface area contributed by atoms with E-state index in [0.29, 0.717) is 5.56 Å². The normalized spacial score (nSPS) is 16.2. The van der Waals surface area contributed by atoms with Gasteiger partial charge in [0.15, 0.2) is 0 Å². The molecule has 0 bridgehead atoms. The second-order valence-electron chi connectivity index (χ2n) is 6.03. The maximum Gasteiger partial charge on any atom is 0.255 e. The Kier molecular flexibility index (Phi) is 4.93. The number of phenolic OH excluding ortho intramolecular Hbond substituents is 1. The molecule has 1 saturated heterocycles. The van der Waals surface area contributed by atoms with E-state index in [1.54, 1.807) is 18.2 Å². The van der Waals surface area contributed by atoms with E-state index in [9.17, 15) is 9.90 Å². The molecule has 0 saturated carbocycles. The van der Waals surface area contributed by atoms with Crippen molar-refractivity contribution in [3.63, 3.8) is 0 Å². The van der Waals surface area contributed by atoms with Crippen molar-refractivity contribution >= 4 is 5.91 Å². The summed E-state index contributed by atoms with van der Waals surface area (Å²) in [5.41, 5.74) is 1.67. The van der Waals surface area contributed by atoms with Gasteiger partial charge in [-0.1, -0.05) is 42.5 Å². The molecule has 0 spiro atoms. The standard InChI is InChI=1S/C19H22N2O2/c22-18-9-5-4-8-17(18)19(23)20-16-10-12-21(13-11-16)14-15-6-2-1-3-7-15/h1-9,16,22H,10-14H2,(H,20,23). The van der Waals surface area contributed by atoms with Crippen LogP contribution in [0.3, 0.4) is 0 Å². The highest BCUT2D eigenvalue weighted by Gasteiger charge is 2.22. The van der Waals surface area contributed by atoms with E-state index in [2.05, 4.69) is 34.5 Å². The number of benzene rings is 2. The first kappa shape index (κ1) is 15.6.